The zero-order valence-corrected chi connectivity index (χ0v) is 12.5. The van der Waals surface area contributed by atoms with E-state index in [-0.39, 0.29) is 17.6 Å². The largest absolute Gasteiger partial charge is 0.497 e. The van der Waals surface area contributed by atoms with E-state index in [4.69, 9.17) is 4.74 Å². The zero-order valence-electron chi connectivity index (χ0n) is 12.5. The van der Waals surface area contributed by atoms with Crippen molar-refractivity contribution < 1.29 is 9.53 Å². The van der Waals surface area contributed by atoms with Gasteiger partial charge in [-0.1, -0.05) is 43.3 Å². The lowest BCUT2D eigenvalue weighted by atomic mass is 9.82. The van der Waals surface area contributed by atoms with Gasteiger partial charge >= 0.3 is 0 Å². The molecule has 2 atom stereocenters. The van der Waals surface area contributed by atoms with Crippen molar-refractivity contribution in [2.45, 2.75) is 12.8 Å². The van der Waals surface area contributed by atoms with Gasteiger partial charge in [0.1, 0.15) is 5.75 Å². The number of methoxy groups -OCH3 is 1. The van der Waals surface area contributed by atoms with Gasteiger partial charge < -0.3 is 4.74 Å². The summed E-state index contributed by atoms with van der Waals surface area (Å²) in [5.41, 5.74) is 1.81. The van der Waals surface area contributed by atoms with Gasteiger partial charge in [0.05, 0.1) is 7.11 Å². The average molecular weight is 280 g/mol. The second kappa shape index (κ2) is 6.89. The first-order valence-electron chi connectivity index (χ1n) is 7.03. The molecule has 2 aromatic carbocycles. The third kappa shape index (κ3) is 3.40. The Bertz CT molecular complexity index is 599. The van der Waals surface area contributed by atoms with Gasteiger partial charge in [0, 0.05) is 17.4 Å². The lowest BCUT2D eigenvalue weighted by Gasteiger charge is -2.20. The molecular formula is C19H20O2. The van der Waals surface area contributed by atoms with E-state index >= 15 is 0 Å². The van der Waals surface area contributed by atoms with Crippen LogP contribution in [0.5, 0.6) is 5.75 Å². The number of hydrogen-bond acceptors (Lipinski definition) is 2. The van der Waals surface area contributed by atoms with Crippen molar-refractivity contribution >= 4 is 5.78 Å². The van der Waals surface area contributed by atoms with E-state index in [0.717, 1.165) is 11.3 Å². The highest BCUT2D eigenvalue weighted by atomic mass is 16.5. The maximum Gasteiger partial charge on any atom is 0.166 e. The van der Waals surface area contributed by atoms with Crippen molar-refractivity contribution in [3.05, 3.63) is 78.4 Å². The van der Waals surface area contributed by atoms with Crippen molar-refractivity contribution in [1.82, 2.24) is 0 Å². The fraction of sp³-hybridized carbons (Fsp3) is 0.211. The molecular weight excluding hydrogens is 260 g/mol. The summed E-state index contributed by atoms with van der Waals surface area (Å²) in [6.45, 7) is 5.84. The Kier molecular flexibility index (Phi) is 4.94. The minimum Gasteiger partial charge on any atom is -0.497 e. The van der Waals surface area contributed by atoms with E-state index in [0.29, 0.717) is 5.56 Å². The Hall–Kier alpha value is -2.35. The molecule has 0 bridgehead atoms. The molecule has 0 N–H and O–H groups in total. The van der Waals surface area contributed by atoms with Crippen LogP contribution in [-0.4, -0.2) is 12.9 Å². The molecule has 21 heavy (non-hydrogen) atoms. The highest BCUT2D eigenvalue weighted by molar-refractivity contribution is 5.98. The van der Waals surface area contributed by atoms with Gasteiger partial charge in [0.2, 0.25) is 0 Å². The van der Waals surface area contributed by atoms with Crippen LogP contribution in [0, 0.1) is 5.92 Å². The number of hydrogen-bond donors (Lipinski definition) is 0. The smallest absolute Gasteiger partial charge is 0.166 e. The summed E-state index contributed by atoms with van der Waals surface area (Å²) in [5.74, 6) is 0.730. The number of benzene rings is 2. The Balaban J connectivity index is 2.22. The van der Waals surface area contributed by atoms with Crippen LogP contribution in [0.3, 0.4) is 0 Å². The number of ketones is 1. The van der Waals surface area contributed by atoms with Crippen molar-refractivity contribution in [2.75, 3.05) is 7.11 Å². The number of rotatable bonds is 6. The van der Waals surface area contributed by atoms with Crippen LogP contribution in [0.15, 0.2) is 67.3 Å². The molecule has 0 aliphatic rings. The van der Waals surface area contributed by atoms with E-state index in [1.807, 2.05) is 67.6 Å². The summed E-state index contributed by atoms with van der Waals surface area (Å²) in [5, 5.41) is 0. The molecule has 0 fully saturated rings. The summed E-state index contributed by atoms with van der Waals surface area (Å²) in [4.78, 5) is 12.6. The highest BCUT2D eigenvalue weighted by Gasteiger charge is 2.24. The lowest BCUT2D eigenvalue weighted by Crippen LogP contribution is -2.18. The van der Waals surface area contributed by atoms with Crippen LogP contribution in [0.25, 0.3) is 0 Å². The Morgan fingerprint density at radius 3 is 2.24 bits per heavy atom. The normalized spacial score (nSPS) is 13.2. The van der Waals surface area contributed by atoms with Crippen molar-refractivity contribution in [3.8, 4) is 5.75 Å². The first-order chi connectivity index (χ1) is 10.2. The molecule has 0 unspecified atom stereocenters. The summed E-state index contributed by atoms with van der Waals surface area (Å²) in [6.07, 6.45) is 1.85. The first kappa shape index (κ1) is 15.0. The summed E-state index contributed by atoms with van der Waals surface area (Å²) in [6, 6.07) is 17.2. The van der Waals surface area contributed by atoms with Crippen LogP contribution in [0.2, 0.25) is 0 Å². The second-order valence-corrected chi connectivity index (χ2v) is 5.05. The maximum atomic E-state index is 12.6. The van der Waals surface area contributed by atoms with Crippen LogP contribution in [-0.2, 0) is 0 Å². The Morgan fingerprint density at radius 2 is 1.71 bits per heavy atom. The van der Waals surface area contributed by atoms with Gasteiger partial charge in [-0.3, -0.25) is 4.79 Å². The highest BCUT2D eigenvalue weighted by Crippen LogP contribution is 2.28. The molecule has 2 nitrogen and oxygen atoms in total. The standard InChI is InChI=1S/C19H20O2/c1-4-18(15-8-6-5-7-9-15)14(2)19(20)16-10-12-17(21-3)13-11-16/h4-14,18H,1H2,2-3H3/t14-,18-/m0/s1. The molecule has 108 valence electrons. The van der Waals surface area contributed by atoms with E-state index < -0.39 is 0 Å². The SMILES string of the molecule is C=C[C@H](c1ccccc1)[C@H](C)C(=O)c1ccc(OC)cc1. The van der Waals surface area contributed by atoms with Crippen LogP contribution in [0.1, 0.15) is 28.8 Å². The van der Waals surface area contributed by atoms with Crippen LogP contribution >= 0.6 is 0 Å². The van der Waals surface area contributed by atoms with Crippen molar-refractivity contribution in [1.29, 1.82) is 0 Å². The Morgan fingerprint density at radius 1 is 1.10 bits per heavy atom. The molecule has 0 saturated heterocycles. The molecule has 2 aromatic rings. The molecule has 0 aliphatic heterocycles. The van der Waals surface area contributed by atoms with Crippen molar-refractivity contribution in [2.24, 2.45) is 5.92 Å². The predicted octanol–water partition coefficient (Wildman–Crippen LogP) is 4.48. The first-order valence-corrected chi connectivity index (χ1v) is 7.03. The molecule has 2 heteroatoms. The van der Waals surface area contributed by atoms with Gasteiger partial charge in [0.15, 0.2) is 5.78 Å². The molecule has 0 amide bonds. The quantitative estimate of drug-likeness (QED) is 0.576. The third-order valence-electron chi connectivity index (χ3n) is 3.77. The maximum absolute atomic E-state index is 12.6. The fourth-order valence-corrected chi connectivity index (χ4v) is 2.49. The summed E-state index contributed by atoms with van der Waals surface area (Å²) < 4.78 is 5.12. The molecule has 0 saturated carbocycles. The van der Waals surface area contributed by atoms with Crippen LogP contribution < -0.4 is 4.74 Å². The molecule has 0 heterocycles. The Labute approximate surface area is 126 Å². The number of carbonyl (C=O) groups is 1. The molecule has 0 spiro atoms. The lowest BCUT2D eigenvalue weighted by molar-refractivity contribution is 0.0921. The minimum atomic E-state index is -0.154. The van der Waals surface area contributed by atoms with E-state index in [1.165, 1.54) is 0 Å². The second-order valence-electron chi connectivity index (χ2n) is 5.05. The number of ether oxygens (including phenoxy) is 1. The third-order valence-corrected chi connectivity index (χ3v) is 3.77. The van der Waals surface area contributed by atoms with Crippen LogP contribution in [0.4, 0.5) is 0 Å². The van der Waals surface area contributed by atoms with Gasteiger partial charge in [-0.15, -0.1) is 6.58 Å². The van der Waals surface area contributed by atoms with E-state index in [9.17, 15) is 4.79 Å². The monoisotopic (exact) mass is 280 g/mol. The van der Waals surface area contributed by atoms with Gasteiger partial charge in [-0.25, -0.2) is 0 Å². The minimum absolute atomic E-state index is 0.0146. The molecule has 0 radical (unpaired) electrons. The number of Topliss-reactive ketones (excluding diaryl/α,β-unsaturated/α-hetero) is 1. The summed E-state index contributed by atoms with van der Waals surface area (Å²) >= 11 is 0. The predicted molar refractivity (Wildman–Crippen MR) is 85.9 cm³/mol. The van der Waals surface area contributed by atoms with E-state index in [2.05, 4.69) is 6.58 Å². The van der Waals surface area contributed by atoms with Gasteiger partial charge in [-0.05, 0) is 29.8 Å². The molecule has 0 aliphatic carbocycles. The van der Waals surface area contributed by atoms with Gasteiger partial charge in [-0.2, -0.15) is 0 Å². The average Bonchev–Trinajstić information content (AvgIpc) is 2.56. The summed E-state index contributed by atoms with van der Waals surface area (Å²) in [7, 11) is 1.61. The van der Waals surface area contributed by atoms with Gasteiger partial charge in [0.25, 0.3) is 0 Å². The number of carbonyl (C=O) groups excluding carboxylic acids is 1. The van der Waals surface area contributed by atoms with E-state index in [1.54, 1.807) is 7.11 Å². The molecule has 0 aromatic heterocycles. The topological polar surface area (TPSA) is 26.3 Å². The number of allylic oxidation sites excluding steroid dienone is 1. The van der Waals surface area contributed by atoms with Crippen molar-refractivity contribution in [3.63, 3.8) is 0 Å². The zero-order chi connectivity index (χ0) is 15.2. The molecule has 2 rings (SSSR count). The fourth-order valence-electron chi connectivity index (χ4n) is 2.49.